The van der Waals surface area contributed by atoms with Gasteiger partial charge in [0, 0.05) is 23.2 Å². The van der Waals surface area contributed by atoms with E-state index in [0.717, 1.165) is 5.56 Å². The summed E-state index contributed by atoms with van der Waals surface area (Å²) in [5, 5.41) is 13.6. The first-order chi connectivity index (χ1) is 15.5. The predicted molar refractivity (Wildman–Crippen MR) is 124 cm³/mol. The average Bonchev–Trinajstić information content (AvgIpc) is 3.17. The highest BCUT2D eigenvalue weighted by atomic mass is 35.5. The molecule has 0 radical (unpaired) electrons. The van der Waals surface area contributed by atoms with Crippen LogP contribution < -0.4 is 19.6 Å². The molecule has 32 heavy (non-hydrogen) atoms. The van der Waals surface area contributed by atoms with Gasteiger partial charge in [0.25, 0.3) is 5.91 Å². The Morgan fingerprint density at radius 3 is 2.38 bits per heavy atom. The Kier molecular flexibility index (Phi) is 7.96. The molecule has 168 valence electrons. The van der Waals surface area contributed by atoms with Gasteiger partial charge < -0.3 is 18.8 Å². The molecule has 1 heterocycles. The molecule has 1 amide bonds. The van der Waals surface area contributed by atoms with Crippen LogP contribution in [-0.4, -0.2) is 54.0 Å². The van der Waals surface area contributed by atoms with Crippen molar-refractivity contribution in [3.05, 3.63) is 47.0 Å². The van der Waals surface area contributed by atoms with Crippen LogP contribution in [0.15, 0.2) is 46.7 Å². The molecule has 11 heteroatoms. The molecule has 0 fully saturated rings. The van der Waals surface area contributed by atoms with E-state index < -0.39 is 0 Å². The minimum Gasteiger partial charge on any atom is -0.493 e. The highest BCUT2D eigenvalue weighted by Crippen LogP contribution is 2.37. The van der Waals surface area contributed by atoms with E-state index in [1.165, 1.54) is 39.3 Å². The number of nitrogens with zero attached hydrogens (tertiary/aromatic N) is 4. The Morgan fingerprint density at radius 1 is 1.12 bits per heavy atom. The number of hydrogen-bond donors (Lipinski definition) is 1. The lowest BCUT2D eigenvalue weighted by atomic mass is 10.2. The van der Waals surface area contributed by atoms with E-state index in [-0.39, 0.29) is 11.7 Å². The molecule has 0 unspecified atom stereocenters. The second kappa shape index (κ2) is 10.9. The van der Waals surface area contributed by atoms with E-state index in [2.05, 4.69) is 20.7 Å². The molecule has 0 aliphatic heterocycles. The van der Waals surface area contributed by atoms with Gasteiger partial charge in [0.2, 0.25) is 5.75 Å². The summed E-state index contributed by atoms with van der Waals surface area (Å²) in [5.41, 5.74) is 4.05. The van der Waals surface area contributed by atoms with E-state index in [0.29, 0.717) is 38.8 Å². The summed E-state index contributed by atoms with van der Waals surface area (Å²) in [5.74, 6) is 2.00. The van der Waals surface area contributed by atoms with Crippen molar-refractivity contribution < 1.29 is 19.0 Å². The summed E-state index contributed by atoms with van der Waals surface area (Å²) in [6.45, 7) is 0. The van der Waals surface area contributed by atoms with Crippen molar-refractivity contribution in [2.75, 3.05) is 27.1 Å². The molecule has 3 rings (SSSR count). The summed E-state index contributed by atoms with van der Waals surface area (Å²) in [4.78, 5) is 12.2. The Morgan fingerprint density at radius 2 is 1.78 bits per heavy atom. The molecule has 1 aromatic heterocycles. The number of halogens is 1. The number of hydrazone groups is 1. The van der Waals surface area contributed by atoms with Crippen LogP contribution in [0.5, 0.6) is 17.2 Å². The molecule has 0 aliphatic carbocycles. The Labute approximate surface area is 194 Å². The van der Waals surface area contributed by atoms with Crippen molar-refractivity contribution in [2.45, 2.75) is 5.16 Å². The topological polar surface area (TPSA) is 99.9 Å². The van der Waals surface area contributed by atoms with Crippen LogP contribution in [0.1, 0.15) is 5.56 Å². The maximum atomic E-state index is 12.2. The van der Waals surface area contributed by atoms with Gasteiger partial charge in [0.15, 0.2) is 22.5 Å². The highest BCUT2D eigenvalue weighted by Gasteiger charge is 2.14. The Bertz CT molecular complexity index is 1090. The lowest BCUT2D eigenvalue weighted by Gasteiger charge is -2.12. The van der Waals surface area contributed by atoms with Crippen LogP contribution >= 0.6 is 23.4 Å². The van der Waals surface area contributed by atoms with E-state index >= 15 is 0 Å². The zero-order chi connectivity index (χ0) is 23.1. The van der Waals surface area contributed by atoms with Crippen molar-refractivity contribution >= 4 is 35.5 Å². The first kappa shape index (κ1) is 23.4. The summed E-state index contributed by atoms with van der Waals surface area (Å²) < 4.78 is 17.7. The maximum absolute atomic E-state index is 12.2. The van der Waals surface area contributed by atoms with Crippen LogP contribution in [-0.2, 0) is 11.8 Å². The van der Waals surface area contributed by atoms with E-state index in [9.17, 15) is 4.79 Å². The quantitative estimate of drug-likeness (QED) is 0.287. The van der Waals surface area contributed by atoms with Gasteiger partial charge in [-0.15, -0.1) is 10.2 Å². The fraction of sp³-hybridized carbons (Fsp3) is 0.238. The minimum absolute atomic E-state index is 0.124. The highest BCUT2D eigenvalue weighted by molar-refractivity contribution is 7.99. The number of methoxy groups -OCH3 is 3. The number of carbonyl (C=O) groups is 1. The zero-order valence-corrected chi connectivity index (χ0v) is 19.5. The number of thioether (sulfide) groups is 1. The SMILES string of the molecule is COc1cc(/C=N\NC(=O)CSc2nnc(-c3ccc(Cl)cc3)n2C)cc(OC)c1OC. The van der Waals surface area contributed by atoms with Crippen LogP contribution in [0.25, 0.3) is 11.4 Å². The summed E-state index contributed by atoms with van der Waals surface area (Å²) in [6.07, 6.45) is 1.49. The van der Waals surface area contributed by atoms with E-state index in [1.54, 1.807) is 24.3 Å². The van der Waals surface area contributed by atoms with Crippen LogP contribution in [0.4, 0.5) is 0 Å². The third-order valence-electron chi connectivity index (χ3n) is 4.36. The fourth-order valence-electron chi connectivity index (χ4n) is 2.81. The van der Waals surface area contributed by atoms with Crippen LogP contribution in [0, 0.1) is 0 Å². The lowest BCUT2D eigenvalue weighted by Crippen LogP contribution is -2.19. The molecule has 2 aromatic carbocycles. The van der Waals surface area contributed by atoms with Crippen molar-refractivity contribution in [1.29, 1.82) is 0 Å². The largest absolute Gasteiger partial charge is 0.493 e. The number of hydrogen-bond acceptors (Lipinski definition) is 8. The van der Waals surface area contributed by atoms with Crippen LogP contribution in [0.3, 0.4) is 0 Å². The molecular formula is C21H22ClN5O4S. The second-order valence-corrected chi connectivity index (χ2v) is 7.79. The molecule has 0 saturated heterocycles. The third kappa shape index (κ3) is 5.51. The molecule has 1 N–H and O–H groups in total. The number of carbonyl (C=O) groups excluding carboxylic acids is 1. The molecule has 0 aliphatic rings. The van der Waals surface area contributed by atoms with Gasteiger partial charge >= 0.3 is 0 Å². The van der Waals surface area contributed by atoms with Gasteiger partial charge in [-0.25, -0.2) is 5.43 Å². The van der Waals surface area contributed by atoms with Gasteiger partial charge in [0.1, 0.15) is 0 Å². The number of nitrogens with one attached hydrogen (secondary N) is 1. The molecule has 0 atom stereocenters. The first-order valence-corrected chi connectivity index (χ1v) is 10.7. The van der Waals surface area contributed by atoms with Gasteiger partial charge in [-0.2, -0.15) is 5.10 Å². The van der Waals surface area contributed by atoms with Crippen molar-refractivity contribution in [1.82, 2.24) is 20.2 Å². The second-order valence-electron chi connectivity index (χ2n) is 6.41. The Hall–Kier alpha value is -3.24. The first-order valence-electron chi connectivity index (χ1n) is 9.36. The fourth-order valence-corrected chi connectivity index (χ4v) is 3.64. The van der Waals surface area contributed by atoms with Gasteiger partial charge in [-0.1, -0.05) is 23.4 Å². The monoisotopic (exact) mass is 475 g/mol. The number of benzene rings is 2. The van der Waals surface area contributed by atoms with Crippen molar-refractivity contribution in [3.8, 4) is 28.6 Å². The molecular weight excluding hydrogens is 454 g/mol. The predicted octanol–water partition coefficient (Wildman–Crippen LogP) is 3.40. The number of amides is 1. The van der Waals surface area contributed by atoms with Crippen LogP contribution in [0.2, 0.25) is 5.02 Å². The normalized spacial score (nSPS) is 10.9. The number of ether oxygens (including phenoxy) is 3. The maximum Gasteiger partial charge on any atom is 0.250 e. The average molecular weight is 476 g/mol. The summed E-state index contributed by atoms with van der Waals surface area (Å²) in [7, 11) is 6.43. The molecule has 0 saturated carbocycles. The molecule has 9 nitrogen and oxygen atoms in total. The molecule has 0 bridgehead atoms. The van der Waals surface area contributed by atoms with Crippen molar-refractivity contribution in [2.24, 2.45) is 12.1 Å². The minimum atomic E-state index is -0.283. The smallest absolute Gasteiger partial charge is 0.250 e. The number of rotatable bonds is 9. The summed E-state index contributed by atoms with van der Waals surface area (Å²) >= 11 is 7.19. The van der Waals surface area contributed by atoms with Gasteiger partial charge in [-0.05, 0) is 36.4 Å². The van der Waals surface area contributed by atoms with Gasteiger partial charge in [0.05, 0.1) is 33.3 Å². The van der Waals surface area contributed by atoms with E-state index in [1.807, 2.05) is 23.7 Å². The van der Waals surface area contributed by atoms with E-state index in [4.69, 9.17) is 25.8 Å². The third-order valence-corrected chi connectivity index (χ3v) is 5.63. The lowest BCUT2D eigenvalue weighted by molar-refractivity contribution is -0.118. The molecule has 0 spiro atoms. The van der Waals surface area contributed by atoms with Gasteiger partial charge in [-0.3, -0.25) is 4.79 Å². The Balaban J connectivity index is 1.59. The zero-order valence-electron chi connectivity index (χ0n) is 18.0. The summed E-state index contributed by atoms with van der Waals surface area (Å²) in [6, 6.07) is 10.8. The van der Waals surface area contributed by atoms with Crippen molar-refractivity contribution in [3.63, 3.8) is 0 Å². The number of aromatic nitrogens is 3. The standard InChI is InChI=1S/C21H22ClN5O4S/c1-27-20(14-5-7-15(22)8-6-14)25-26-21(27)32-12-18(28)24-23-11-13-9-16(29-2)19(31-4)17(10-13)30-3/h5-11H,12H2,1-4H3,(H,24,28)/b23-11-. The molecule has 3 aromatic rings.